The number of nitrogens with zero attached hydrogens (tertiary/aromatic N) is 2. The van der Waals surface area contributed by atoms with E-state index in [1.807, 2.05) is 37.3 Å². The van der Waals surface area contributed by atoms with Gasteiger partial charge in [-0.2, -0.15) is 0 Å². The summed E-state index contributed by atoms with van der Waals surface area (Å²) in [6, 6.07) is 17.7. The van der Waals surface area contributed by atoms with Crippen molar-refractivity contribution in [3.63, 3.8) is 0 Å². The minimum Gasteiger partial charge on any atom is -0.354 e. The van der Waals surface area contributed by atoms with Crippen LogP contribution < -0.4 is 9.62 Å². The average molecular weight is 659 g/mol. The standard InChI is InChI=1S/C29H31Cl4N3O4S/c1-3-4-15-34-29(38)26(17-20-9-6-5-7-10-20)35(18-21-13-14-22(30)24(32)16-21)27(37)19-36(41(2,39)40)25-12-8-11-23(31)28(25)33/h5-14,16,26H,3-4,15,17-19H2,1-2H3,(H,34,38)/t26-/m0/s1. The summed E-state index contributed by atoms with van der Waals surface area (Å²) in [6.45, 7) is 1.79. The number of sulfonamides is 1. The van der Waals surface area contributed by atoms with Crippen molar-refractivity contribution in [1.82, 2.24) is 10.2 Å². The first kappa shape index (κ1) is 33.0. The molecule has 3 rings (SSSR count). The number of unbranched alkanes of at least 4 members (excludes halogenated alkanes) is 1. The zero-order valence-electron chi connectivity index (χ0n) is 22.6. The normalized spacial score (nSPS) is 12.0. The molecule has 0 aliphatic rings. The first-order chi connectivity index (χ1) is 19.4. The number of anilines is 1. The Bertz CT molecular complexity index is 1470. The number of carbonyl (C=O) groups is 2. The monoisotopic (exact) mass is 657 g/mol. The highest BCUT2D eigenvalue weighted by Crippen LogP contribution is 2.34. The maximum absolute atomic E-state index is 14.1. The fourth-order valence-electron chi connectivity index (χ4n) is 4.17. The molecule has 0 heterocycles. The van der Waals surface area contributed by atoms with Crippen molar-refractivity contribution in [1.29, 1.82) is 0 Å². The minimum absolute atomic E-state index is 0.0124. The fraction of sp³-hybridized carbons (Fsp3) is 0.310. The highest BCUT2D eigenvalue weighted by molar-refractivity contribution is 7.92. The molecule has 0 aromatic heterocycles. The molecule has 220 valence electrons. The summed E-state index contributed by atoms with van der Waals surface area (Å²) >= 11 is 24.9. The molecule has 0 fully saturated rings. The van der Waals surface area contributed by atoms with Crippen LogP contribution in [-0.2, 0) is 32.6 Å². The van der Waals surface area contributed by atoms with Crippen molar-refractivity contribution in [2.75, 3.05) is 23.7 Å². The lowest BCUT2D eigenvalue weighted by Gasteiger charge is -2.33. The van der Waals surface area contributed by atoms with Gasteiger partial charge in [-0.15, -0.1) is 0 Å². The summed E-state index contributed by atoms with van der Waals surface area (Å²) in [5.41, 5.74) is 1.49. The van der Waals surface area contributed by atoms with Crippen molar-refractivity contribution in [2.24, 2.45) is 0 Å². The van der Waals surface area contributed by atoms with E-state index in [9.17, 15) is 18.0 Å². The molecule has 12 heteroatoms. The minimum atomic E-state index is -3.99. The second-order valence-corrected chi connectivity index (χ2v) is 13.0. The number of halogens is 4. The zero-order valence-corrected chi connectivity index (χ0v) is 26.5. The van der Waals surface area contributed by atoms with Gasteiger partial charge in [0.25, 0.3) is 0 Å². The zero-order chi connectivity index (χ0) is 30.2. The average Bonchev–Trinajstić information content (AvgIpc) is 2.93. The summed E-state index contributed by atoms with van der Waals surface area (Å²) in [6.07, 6.45) is 2.81. The van der Waals surface area contributed by atoms with E-state index in [2.05, 4.69) is 5.32 Å². The molecule has 3 aromatic carbocycles. The van der Waals surface area contributed by atoms with E-state index >= 15 is 0 Å². The van der Waals surface area contributed by atoms with E-state index in [1.54, 1.807) is 24.3 Å². The van der Waals surface area contributed by atoms with Crippen molar-refractivity contribution >= 4 is 73.9 Å². The van der Waals surface area contributed by atoms with Crippen molar-refractivity contribution < 1.29 is 18.0 Å². The van der Waals surface area contributed by atoms with Crippen LogP contribution in [0.25, 0.3) is 0 Å². The fourth-order valence-corrected chi connectivity index (χ4v) is 5.80. The summed E-state index contributed by atoms with van der Waals surface area (Å²) in [5, 5.41) is 3.67. The number of amides is 2. The first-order valence-corrected chi connectivity index (χ1v) is 16.2. The molecule has 41 heavy (non-hydrogen) atoms. The number of hydrogen-bond acceptors (Lipinski definition) is 4. The second-order valence-electron chi connectivity index (χ2n) is 9.46. The van der Waals surface area contributed by atoms with Crippen molar-refractivity contribution in [3.05, 3.63) is 97.9 Å². The van der Waals surface area contributed by atoms with E-state index in [4.69, 9.17) is 46.4 Å². The SMILES string of the molecule is CCCCNC(=O)[C@H](Cc1ccccc1)N(Cc1ccc(Cl)c(Cl)c1)C(=O)CN(c1cccc(Cl)c1Cl)S(C)(=O)=O. The molecule has 1 atom stereocenters. The Morgan fingerprint density at radius 2 is 1.59 bits per heavy atom. The molecule has 1 N–H and O–H groups in total. The van der Waals surface area contributed by atoms with Gasteiger partial charge in [-0.25, -0.2) is 8.42 Å². The largest absolute Gasteiger partial charge is 0.354 e. The van der Waals surface area contributed by atoms with Gasteiger partial charge in [-0.1, -0.05) is 102 Å². The molecule has 7 nitrogen and oxygen atoms in total. The lowest BCUT2D eigenvalue weighted by molar-refractivity contribution is -0.140. The Morgan fingerprint density at radius 3 is 2.22 bits per heavy atom. The van der Waals surface area contributed by atoms with E-state index < -0.39 is 28.5 Å². The third kappa shape index (κ3) is 9.25. The predicted octanol–water partition coefficient (Wildman–Crippen LogP) is 6.62. The van der Waals surface area contributed by atoms with E-state index in [-0.39, 0.29) is 39.6 Å². The molecule has 0 bridgehead atoms. The van der Waals surface area contributed by atoms with E-state index in [1.165, 1.54) is 17.0 Å². The Hall–Kier alpha value is -2.49. The van der Waals surface area contributed by atoms with Crippen LogP contribution in [0.15, 0.2) is 66.7 Å². The molecule has 3 aromatic rings. The molecule has 2 amide bonds. The quantitative estimate of drug-likeness (QED) is 0.209. The molecule has 0 saturated carbocycles. The van der Waals surface area contributed by atoms with Gasteiger partial charge >= 0.3 is 0 Å². The Morgan fingerprint density at radius 1 is 0.878 bits per heavy atom. The maximum Gasteiger partial charge on any atom is 0.244 e. The molecule has 0 saturated heterocycles. The molecule has 0 aliphatic carbocycles. The van der Waals surface area contributed by atoms with E-state index in [0.29, 0.717) is 17.1 Å². The molecule has 0 spiro atoms. The van der Waals surface area contributed by atoms with Crippen molar-refractivity contribution in [2.45, 2.75) is 38.8 Å². The summed E-state index contributed by atoms with van der Waals surface area (Å²) in [7, 11) is -3.99. The van der Waals surface area contributed by atoms with Crippen LogP contribution in [0, 0.1) is 0 Å². The predicted molar refractivity (Wildman–Crippen MR) is 168 cm³/mol. The van der Waals surface area contributed by atoms with Gasteiger partial charge in [0.15, 0.2) is 0 Å². The van der Waals surface area contributed by atoms with Crippen LogP contribution >= 0.6 is 46.4 Å². The third-order valence-corrected chi connectivity index (χ3v) is 8.99. The number of rotatable bonds is 13. The summed E-state index contributed by atoms with van der Waals surface area (Å²) < 4.78 is 26.7. The summed E-state index contributed by atoms with van der Waals surface area (Å²) in [5.74, 6) is -0.980. The maximum atomic E-state index is 14.1. The first-order valence-electron chi connectivity index (χ1n) is 12.9. The Kier molecular flexibility index (Phi) is 12.2. The molecule has 0 unspecified atom stereocenters. The highest BCUT2D eigenvalue weighted by atomic mass is 35.5. The van der Waals surface area contributed by atoms with Gasteiger partial charge in [0.1, 0.15) is 12.6 Å². The van der Waals surface area contributed by atoms with Gasteiger partial charge in [0.2, 0.25) is 21.8 Å². The van der Waals surface area contributed by atoms with Gasteiger partial charge in [-0.3, -0.25) is 13.9 Å². The molecular weight excluding hydrogens is 628 g/mol. The second kappa shape index (κ2) is 15.1. The van der Waals surface area contributed by atoms with Crippen molar-refractivity contribution in [3.8, 4) is 0 Å². The molecule has 0 radical (unpaired) electrons. The number of carbonyl (C=O) groups excluding carboxylic acids is 2. The number of nitrogens with one attached hydrogen (secondary N) is 1. The smallest absolute Gasteiger partial charge is 0.244 e. The van der Waals surface area contributed by atoms with Gasteiger partial charge in [-0.05, 0) is 41.8 Å². The van der Waals surface area contributed by atoms with E-state index in [0.717, 1.165) is 29.0 Å². The third-order valence-electron chi connectivity index (χ3n) is 6.32. The van der Waals surface area contributed by atoms with Gasteiger partial charge < -0.3 is 10.2 Å². The number of benzene rings is 3. The van der Waals surface area contributed by atoms with Crippen LogP contribution in [0.1, 0.15) is 30.9 Å². The van der Waals surface area contributed by atoms with Crippen LogP contribution in [0.3, 0.4) is 0 Å². The lowest BCUT2D eigenvalue weighted by atomic mass is 10.0. The van der Waals surface area contributed by atoms with Crippen LogP contribution in [0.4, 0.5) is 5.69 Å². The molecular formula is C29H31Cl4N3O4S. The van der Waals surface area contributed by atoms with Crippen LogP contribution in [0.2, 0.25) is 20.1 Å². The number of hydrogen-bond donors (Lipinski definition) is 1. The van der Waals surface area contributed by atoms with Gasteiger partial charge in [0, 0.05) is 19.5 Å². The van der Waals surface area contributed by atoms with Crippen LogP contribution in [-0.4, -0.2) is 50.5 Å². The lowest BCUT2D eigenvalue weighted by Crippen LogP contribution is -2.53. The Balaban J connectivity index is 2.08. The Labute approximate surface area is 261 Å². The summed E-state index contributed by atoms with van der Waals surface area (Å²) in [4.78, 5) is 29.1. The topological polar surface area (TPSA) is 86.8 Å². The van der Waals surface area contributed by atoms with Gasteiger partial charge in [0.05, 0.1) is 32.0 Å². The highest BCUT2D eigenvalue weighted by Gasteiger charge is 2.33. The van der Waals surface area contributed by atoms with Crippen LogP contribution in [0.5, 0.6) is 0 Å². The molecule has 0 aliphatic heterocycles.